The predicted molar refractivity (Wildman–Crippen MR) is 126 cm³/mol. The van der Waals surface area contributed by atoms with Crippen LogP contribution in [0.4, 0.5) is 0 Å². The van der Waals surface area contributed by atoms with E-state index in [0.717, 1.165) is 43.4 Å². The number of nitrogens with one attached hydrogen (secondary N) is 1. The van der Waals surface area contributed by atoms with Gasteiger partial charge in [-0.15, -0.1) is 10.2 Å². The number of hydrogen-bond donors (Lipinski definition) is 1. The Bertz CT molecular complexity index is 1090. The van der Waals surface area contributed by atoms with Crippen molar-refractivity contribution in [2.75, 3.05) is 0 Å². The van der Waals surface area contributed by atoms with Gasteiger partial charge >= 0.3 is 0 Å². The quantitative estimate of drug-likeness (QED) is 0.520. The number of aryl methyl sites for hydroxylation is 1. The predicted octanol–water partition coefficient (Wildman–Crippen LogP) is 3.50. The number of benzene rings is 1. The average molecular weight is 465 g/mol. The van der Waals surface area contributed by atoms with Crippen molar-refractivity contribution in [1.29, 1.82) is 0 Å². The number of carbonyl (C=O) groups is 2. The zero-order valence-corrected chi connectivity index (χ0v) is 19.8. The number of tetrazole rings is 1. The van der Waals surface area contributed by atoms with E-state index in [1.54, 1.807) is 11.0 Å². The molecule has 2 amide bonds. The zero-order valence-electron chi connectivity index (χ0n) is 19.8. The summed E-state index contributed by atoms with van der Waals surface area (Å²) in [5.74, 6) is 1.28. The van der Waals surface area contributed by atoms with Gasteiger partial charge in [0.25, 0.3) is 0 Å². The molecule has 0 bridgehead atoms. The summed E-state index contributed by atoms with van der Waals surface area (Å²) < 4.78 is 5.55. The third-order valence-corrected chi connectivity index (χ3v) is 6.28. The molecule has 0 radical (unpaired) electrons. The largest absolute Gasteiger partial charge is 0.458 e. The van der Waals surface area contributed by atoms with Crippen LogP contribution >= 0.6 is 0 Å². The zero-order chi connectivity index (χ0) is 23.9. The molecule has 2 aromatic heterocycles. The summed E-state index contributed by atoms with van der Waals surface area (Å²) in [6, 6.07) is 12.9. The SMILES string of the molecule is CCC(C(=O)NCc1ccccc1)N(C(=O)Cn1nnc(-c2ccc(C)o2)n1)C1CCCCC1. The van der Waals surface area contributed by atoms with E-state index in [9.17, 15) is 9.59 Å². The van der Waals surface area contributed by atoms with Crippen molar-refractivity contribution in [3.05, 3.63) is 53.8 Å². The van der Waals surface area contributed by atoms with Gasteiger partial charge in [0.1, 0.15) is 18.3 Å². The third-order valence-electron chi connectivity index (χ3n) is 6.28. The van der Waals surface area contributed by atoms with Gasteiger partial charge in [0, 0.05) is 12.6 Å². The molecule has 1 aliphatic rings. The van der Waals surface area contributed by atoms with E-state index >= 15 is 0 Å². The summed E-state index contributed by atoms with van der Waals surface area (Å²) in [5.41, 5.74) is 1.02. The number of aromatic nitrogens is 4. The van der Waals surface area contributed by atoms with E-state index in [1.165, 1.54) is 4.80 Å². The van der Waals surface area contributed by atoms with Gasteiger partial charge in [-0.25, -0.2) is 0 Å². The Labute approximate surface area is 199 Å². The fourth-order valence-corrected chi connectivity index (χ4v) is 4.57. The molecule has 9 nitrogen and oxygen atoms in total. The first-order valence-corrected chi connectivity index (χ1v) is 12.0. The van der Waals surface area contributed by atoms with E-state index in [1.807, 2.05) is 50.2 Å². The molecule has 180 valence electrons. The maximum Gasteiger partial charge on any atom is 0.247 e. The molecule has 1 aromatic carbocycles. The normalized spacial score (nSPS) is 15.1. The van der Waals surface area contributed by atoms with Crippen molar-refractivity contribution in [2.24, 2.45) is 0 Å². The molecule has 1 aliphatic carbocycles. The van der Waals surface area contributed by atoms with Crippen molar-refractivity contribution in [3.63, 3.8) is 0 Å². The lowest BCUT2D eigenvalue weighted by Crippen LogP contribution is -2.55. The smallest absolute Gasteiger partial charge is 0.247 e. The lowest BCUT2D eigenvalue weighted by Gasteiger charge is -2.39. The van der Waals surface area contributed by atoms with Gasteiger partial charge in [-0.1, -0.05) is 56.5 Å². The number of amides is 2. The van der Waals surface area contributed by atoms with Crippen LogP contribution in [0.3, 0.4) is 0 Å². The lowest BCUT2D eigenvalue weighted by atomic mass is 9.92. The Morgan fingerprint density at radius 2 is 1.91 bits per heavy atom. The Hall–Kier alpha value is -3.49. The summed E-state index contributed by atoms with van der Waals surface area (Å²) in [4.78, 5) is 29.8. The van der Waals surface area contributed by atoms with E-state index in [4.69, 9.17) is 4.42 Å². The number of hydrogen-bond acceptors (Lipinski definition) is 6. The first kappa shape index (κ1) is 23.7. The molecule has 0 aliphatic heterocycles. The molecule has 34 heavy (non-hydrogen) atoms. The molecule has 4 rings (SSSR count). The second-order valence-corrected chi connectivity index (χ2v) is 8.77. The van der Waals surface area contributed by atoms with Crippen molar-refractivity contribution in [1.82, 2.24) is 30.4 Å². The second-order valence-electron chi connectivity index (χ2n) is 8.77. The van der Waals surface area contributed by atoms with E-state index in [-0.39, 0.29) is 24.4 Å². The molecule has 0 saturated heterocycles. The number of carbonyl (C=O) groups excluding carboxylic acids is 2. The van der Waals surface area contributed by atoms with Gasteiger partial charge in [-0.2, -0.15) is 4.80 Å². The minimum Gasteiger partial charge on any atom is -0.458 e. The molecular formula is C25H32N6O3. The van der Waals surface area contributed by atoms with Gasteiger partial charge in [0.15, 0.2) is 5.76 Å². The molecule has 1 fully saturated rings. The first-order chi connectivity index (χ1) is 16.5. The van der Waals surface area contributed by atoms with Crippen LogP contribution in [0.15, 0.2) is 46.9 Å². The molecule has 1 saturated carbocycles. The van der Waals surface area contributed by atoms with Crippen LogP contribution in [0, 0.1) is 6.92 Å². The Morgan fingerprint density at radius 3 is 2.59 bits per heavy atom. The highest BCUT2D eigenvalue weighted by molar-refractivity contribution is 5.87. The van der Waals surface area contributed by atoms with Crippen LogP contribution in [0.5, 0.6) is 0 Å². The summed E-state index contributed by atoms with van der Waals surface area (Å²) in [6.07, 6.45) is 5.60. The van der Waals surface area contributed by atoms with Crippen molar-refractivity contribution in [2.45, 2.75) is 77.5 Å². The molecule has 1 atom stereocenters. The Kier molecular flexibility index (Phi) is 7.72. The molecule has 1 unspecified atom stereocenters. The van der Waals surface area contributed by atoms with Gasteiger partial charge in [0.2, 0.25) is 17.6 Å². The van der Waals surface area contributed by atoms with Gasteiger partial charge in [-0.05, 0) is 49.1 Å². The van der Waals surface area contributed by atoms with Crippen LogP contribution in [-0.4, -0.2) is 49.0 Å². The maximum absolute atomic E-state index is 13.5. The lowest BCUT2D eigenvalue weighted by molar-refractivity contribution is -0.145. The third kappa shape index (κ3) is 5.70. The highest BCUT2D eigenvalue weighted by atomic mass is 16.3. The van der Waals surface area contributed by atoms with Crippen LogP contribution in [0.1, 0.15) is 56.8 Å². The van der Waals surface area contributed by atoms with Crippen LogP contribution in [-0.2, 0) is 22.7 Å². The number of nitrogens with zero attached hydrogens (tertiary/aromatic N) is 5. The van der Waals surface area contributed by atoms with Gasteiger partial charge in [-0.3, -0.25) is 9.59 Å². The van der Waals surface area contributed by atoms with Crippen LogP contribution in [0.25, 0.3) is 11.6 Å². The van der Waals surface area contributed by atoms with Crippen LogP contribution < -0.4 is 5.32 Å². The minimum atomic E-state index is -0.546. The fourth-order valence-electron chi connectivity index (χ4n) is 4.57. The Morgan fingerprint density at radius 1 is 1.15 bits per heavy atom. The highest BCUT2D eigenvalue weighted by Crippen LogP contribution is 2.26. The van der Waals surface area contributed by atoms with E-state index in [2.05, 4.69) is 20.7 Å². The van der Waals surface area contributed by atoms with Gasteiger partial charge < -0.3 is 14.6 Å². The fraction of sp³-hybridized carbons (Fsp3) is 0.480. The summed E-state index contributed by atoms with van der Waals surface area (Å²) in [7, 11) is 0. The van der Waals surface area contributed by atoms with Crippen molar-refractivity contribution < 1.29 is 14.0 Å². The minimum absolute atomic E-state index is 0.0318. The number of furan rings is 1. The van der Waals surface area contributed by atoms with Crippen molar-refractivity contribution >= 4 is 11.8 Å². The second kappa shape index (κ2) is 11.1. The monoisotopic (exact) mass is 464 g/mol. The standard InChI is InChI=1S/C25H32N6O3/c1-3-21(25(33)26-16-19-10-6-4-7-11-19)31(20-12-8-5-9-13-20)23(32)17-30-28-24(27-29-30)22-15-14-18(2)34-22/h4,6-7,10-11,14-15,20-21H,3,5,8-9,12-13,16-17H2,1-2H3,(H,26,33). The maximum atomic E-state index is 13.5. The Balaban J connectivity index is 1.49. The van der Waals surface area contributed by atoms with Crippen molar-refractivity contribution in [3.8, 4) is 11.6 Å². The summed E-state index contributed by atoms with van der Waals surface area (Å²) >= 11 is 0. The topological polar surface area (TPSA) is 106 Å². The molecular weight excluding hydrogens is 432 g/mol. The molecule has 3 aromatic rings. The highest BCUT2D eigenvalue weighted by Gasteiger charge is 2.35. The van der Waals surface area contributed by atoms with Crippen LogP contribution in [0.2, 0.25) is 0 Å². The average Bonchev–Trinajstić information content (AvgIpc) is 3.50. The number of rotatable bonds is 9. The molecule has 2 heterocycles. The van der Waals surface area contributed by atoms with Gasteiger partial charge in [0.05, 0.1) is 0 Å². The van der Waals surface area contributed by atoms with E-state index < -0.39 is 6.04 Å². The molecule has 9 heteroatoms. The summed E-state index contributed by atoms with van der Waals surface area (Å²) in [6.45, 7) is 4.14. The molecule has 0 spiro atoms. The van der Waals surface area contributed by atoms with E-state index in [0.29, 0.717) is 24.6 Å². The summed E-state index contributed by atoms with van der Waals surface area (Å²) in [5, 5.41) is 15.4. The first-order valence-electron chi connectivity index (χ1n) is 12.0. The molecule has 1 N–H and O–H groups in total.